The summed E-state index contributed by atoms with van der Waals surface area (Å²) in [6.45, 7) is 13.1. The Balaban J connectivity index is 1.53. The summed E-state index contributed by atoms with van der Waals surface area (Å²) in [6, 6.07) is 18.7. The van der Waals surface area contributed by atoms with E-state index in [1.165, 1.54) is 5.56 Å². The number of hydrogen-bond donors (Lipinski definition) is 1. The monoisotopic (exact) mass is 535 g/mol. The summed E-state index contributed by atoms with van der Waals surface area (Å²) >= 11 is 0. The average molecular weight is 536 g/mol. The summed E-state index contributed by atoms with van der Waals surface area (Å²) in [7, 11) is 0. The van der Waals surface area contributed by atoms with Crippen molar-refractivity contribution < 1.29 is 19.1 Å². The lowest BCUT2D eigenvalue weighted by molar-refractivity contribution is -0.145. The zero-order valence-electron chi connectivity index (χ0n) is 24.0. The molecule has 2 atom stereocenters. The van der Waals surface area contributed by atoms with Gasteiger partial charge in [0.15, 0.2) is 6.61 Å². The van der Waals surface area contributed by atoms with Crippen LogP contribution in [-0.4, -0.2) is 73.7 Å². The van der Waals surface area contributed by atoms with Gasteiger partial charge < -0.3 is 19.7 Å². The molecular weight excluding hydrogens is 490 g/mol. The van der Waals surface area contributed by atoms with E-state index in [0.29, 0.717) is 30.6 Å². The van der Waals surface area contributed by atoms with E-state index in [1.54, 1.807) is 6.92 Å². The van der Waals surface area contributed by atoms with E-state index in [2.05, 4.69) is 72.3 Å². The molecule has 212 valence electrons. The fourth-order valence-electron chi connectivity index (χ4n) is 5.87. The van der Waals surface area contributed by atoms with Gasteiger partial charge in [-0.2, -0.15) is 0 Å². The Kier molecular flexibility index (Phi) is 10.0. The number of piperazine rings is 1. The highest BCUT2D eigenvalue weighted by Crippen LogP contribution is 2.36. The molecule has 2 aliphatic rings. The van der Waals surface area contributed by atoms with Crippen molar-refractivity contribution >= 4 is 11.9 Å². The maximum absolute atomic E-state index is 13.6. The minimum Gasteiger partial charge on any atom is -0.482 e. The van der Waals surface area contributed by atoms with Gasteiger partial charge in [-0.25, -0.2) is 4.79 Å². The molecule has 0 aliphatic carbocycles. The molecule has 7 heteroatoms. The molecule has 1 unspecified atom stereocenters. The topological polar surface area (TPSA) is 71.1 Å². The number of rotatable bonds is 9. The van der Waals surface area contributed by atoms with Crippen LogP contribution in [0.4, 0.5) is 0 Å². The molecule has 2 aromatic carbocycles. The van der Waals surface area contributed by atoms with Crippen molar-refractivity contribution in [3.8, 4) is 5.75 Å². The van der Waals surface area contributed by atoms with Crippen LogP contribution in [0.5, 0.6) is 5.75 Å². The third-order valence-corrected chi connectivity index (χ3v) is 7.99. The van der Waals surface area contributed by atoms with Crippen LogP contribution in [0, 0.1) is 11.3 Å². The van der Waals surface area contributed by atoms with Crippen LogP contribution >= 0.6 is 0 Å². The lowest BCUT2D eigenvalue weighted by Crippen LogP contribution is -2.60. The Hall–Kier alpha value is -2.90. The van der Waals surface area contributed by atoms with Crippen molar-refractivity contribution in [2.24, 2.45) is 11.3 Å². The average Bonchev–Trinajstić information content (AvgIpc) is 2.93. The summed E-state index contributed by atoms with van der Waals surface area (Å²) in [5.41, 5.74) is 2.33. The highest BCUT2D eigenvalue weighted by molar-refractivity contribution is 5.77. The van der Waals surface area contributed by atoms with E-state index < -0.39 is 0 Å². The van der Waals surface area contributed by atoms with Gasteiger partial charge in [-0.05, 0) is 67.4 Å². The van der Waals surface area contributed by atoms with Crippen molar-refractivity contribution in [2.75, 3.05) is 45.9 Å². The predicted molar refractivity (Wildman–Crippen MR) is 154 cm³/mol. The van der Waals surface area contributed by atoms with Crippen molar-refractivity contribution in [3.63, 3.8) is 0 Å². The molecule has 2 fully saturated rings. The first-order valence-electron chi connectivity index (χ1n) is 14.4. The summed E-state index contributed by atoms with van der Waals surface area (Å²) in [5, 5.41) is 3.41. The summed E-state index contributed by atoms with van der Waals surface area (Å²) in [4.78, 5) is 30.0. The van der Waals surface area contributed by atoms with Gasteiger partial charge in [0, 0.05) is 32.1 Å². The van der Waals surface area contributed by atoms with Crippen molar-refractivity contribution in [1.29, 1.82) is 0 Å². The van der Waals surface area contributed by atoms with Crippen LogP contribution in [0.1, 0.15) is 64.1 Å². The number of piperidine rings is 1. The maximum Gasteiger partial charge on any atom is 0.344 e. The first-order valence-corrected chi connectivity index (χ1v) is 14.4. The second kappa shape index (κ2) is 13.4. The molecule has 0 radical (unpaired) electrons. The van der Waals surface area contributed by atoms with Gasteiger partial charge in [-0.15, -0.1) is 0 Å². The molecule has 2 aromatic rings. The van der Waals surface area contributed by atoms with Crippen LogP contribution in [0.15, 0.2) is 54.6 Å². The van der Waals surface area contributed by atoms with Crippen molar-refractivity contribution in [2.45, 2.75) is 59.0 Å². The number of nitrogens with zero attached hydrogens (tertiary/aromatic N) is 2. The fraction of sp³-hybridized carbons (Fsp3) is 0.562. The standard InChI is InChI=1S/C32H45N3O4/c1-5-38-30(37)23-39-27-13-11-26(12-14-27)31(25-9-7-6-8-10-25)34-19-20-35(28(22-34)32(2,3)4)29(36)21-24-15-17-33-18-16-24/h6-14,24,28,31,33H,5,15-23H2,1-4H3/t28-,31?/m1/s1. The largest absolute Gasteiger partial charge is 0.482 e. The minimum absolute atomic E-state index is 0.0471. The quantitative estimate of drug-likeness (QED) is 0.471. The Labute approximate surface area is 233 Å². The number of carbonyl (C=O) groups is 2. The van der Waals surface area contributed by atoms with Gasteiger partial charge in [-0.3, -0.25) is 9.69 Å². The first-order chi connectivity index (χ1) is 18.8. The van der Waals surface area contributed by atoms with Gasteiger partial charge in [0.1, 0.15) is 5.75 Å². The second-order valence-electron chi connectivity index (χ2n) is 11.8. The third kappa shape index (κ3) is 7.83. The van der Waals surface area contributed by atoms with E-state index in [0.717, 1.165) is 51.1 Å². The zero-order chi connectivity index (χ0) is 27.8. The smallest absolute Gasteiger partial charge is 0.344 e. The highest BCUT2D eigenvalue weighted by Gasteiger charge is 2.40. The molecule has 2 heterocycles. The molecule has 2 saturated heterocycles. The van der Waals surface area contributed by atoms with Gasteiger partial charge in [0.2, 0.25) is 5.91 Å². The van der Waals surface area contributed by atoms with Crippen LogP contribution < -0.4 is 10.1 Å². The summed E-state index contributed by atoms with van der Waals surface area (Å²) in [5.74, 6) is 1.06. The number of amides is 1. The van der Waals surface area contributed by atoms with E-state index in [-0.39, 0.29) is 30.1 Å². The van der Waals surface area contributed by atoms with Crippen LogP contribution in [0.25, 0.3) is 0 Å². The SMILES string of the molecule is CCOC(=O)COc1ccc(C(c2ccccc2)N2CCN(C(=O)CC3CCNCC3)[C@@H](C(C)(C)C)C2)cc1. The Morgan fingerprint density at radius 2 is 1.64 bits per heavy atom. The summed E-state index contributed by atoms with van der Waals surface area (Å²) < 4.78 is 10.6. The number of nitrogens with one attached hydrogen (secondary N) is 1. The van der Waals surface area contributed by atoms with Crippen LogP contribution in [-0.2, 0) is 14.3 Å². The fourth-order valence-corrected chi connectivity index (χ4v) is 5.87. The van der Waals surface area contributed by atoms with Gasteiger partial charge in [0.25, 0.3) is 0 Å². The molecule has 1 N–H and O–H groups in total. The van der Waals surface area contributed by atoms with E-state index in [1.807, 2.05) is 18.2 Å². The first kappa shape index (κ1) is 29.1. The third-order valence-electron chi connectivity index (χ3n) is 7.99. The van der Waals surface area contributed by atoms with E-state index >= 15 is 0 Å². The Bertz CT molecular complexity index is 1060. The van der Waals surface area contributed by atoms with Crippen molar-refractivity contribution in [1.82, 2.24) is 15.1 Å². The number of ether oxygens (including phenoxy) is 2. The molecule has 2 aliphatic heterocycles. The van der Waals surface area contributed by atoms with Crippen LogP contribution in [0.2, 0.25) is 0 Å². The Morgan fingerprint density at radius 1 is 0.974 bits per heavy atom. The highest BCUT2D eigenvalue weighted by atomic mass is 16.6. The number of benzene rings is 2. The molecule has 0 aromatic heterocycles. The normalized spacial score (nSPS) is 19.9. The molecule has 0 saturated carbocycles. The number of carbonyl (C=O) groups excluding carboxylic acids is 2. The molecule has 0 spiro atoms. The van der Waals surface area contributed by atoms with Gasteiger partial charge >= 0.3 is 5.97 Å². The van der Waals surface area contributed by atoms with Crippen LogP contribution in [0.3, 0.4) is 0 Å². The zero-order valence-corrected chi connectivity index (χ0v) is 24.0. The second-order valence-corrected chi connectivity index (χ2v) is 11.8. The maximum atomic E-state index is 13.6. The van der Waals surface area contributed by atoms with E-state index in [9.17, 15) is 9.59 Å². The minimum atomic E-state index is -0.371. The van der Waals surface area contributed by atoms with Crippen molar-refractivity contribution in [3.05, 3.63) is 65.7 Å². The molecular formula is C32H45N3O4. The van der Waals surface area contributed by atoms with E-state index in [4.69, 9.17) is 9.47 Å². The lowest BCUT2D eigenvalue weighted by atomic mass is 9.82. The summed E-state index contributed by atoms with van der Waals surface area (Å²) in [6.07, 6.45) is 2.83. The molecule has 39 heavy (non-hydrogen) atoms. The Morgan fingerprint density at radius 3 is 2.28 bits per heavy atom. The van der Waals surface area contributed by atoms with Gasteiger partial charge in [0.05, 0.1) is 12.6 Å². The molecule has 4 rings (SSSR count). The molecule has 0 bridgehead atoms. The molecule has 7 nitrogen and oxygen atoms in total. The number of esters is 1. The molecule has 1 amide bonds. The number of hydrogen-bond acceptors (Lipinski definition) is 6. The lowest BCUT2D eigenvalue weighted by Gasteiger charge is -2.49. The predicted octanol–water partition coefficient (Wildman–Crippen LogP) is 4.67. The van der Waals surface area contributed by atoms with Gasteiger partial charge in [-0.1, -0.05) is 63.2 Å².